The summed E-state index contributed by atoms with van der Waals surface area (Å²) < 4.78 is 35.6. The number of esters is 1. The fourth-order valence-corrected chi connectivity index (χ4v) is 10.5. The molecule has 0 aromatic heterocycles. The summed E-state index contributed by atoms with van der Waals surface area (Å²) in [5.74, 6) is -7.96. The highest BCUT2D eigenvalue weighted by Crippen LogP contribution is 2.38. The number of carbonyl (C=O) groups is 5. The summed E-state index contributed by atoms with van der Waals surface area (Å²) >= 11 is 0. The average Bonchev–Trinajstić information content (AvgIpc) is 3.32. The van der Waals surface area contributed by atoms with Crippen LogP contribution in [-0.4, -0.2) is 145 Å². The summed E-state index contributed by atoms with van der Waals surface area (Å²) in [4.78, 5) is 72.1. The van der Waals surface area contributed by atoms with Crippen molar-refractivity contribution in [3.8, 4) is 0 Å². The second kappa shape index (κ2) is 27.3. The van der Waals surface area contributed by atoms with Gasteiger partial charge in [-0.1, -0.05) is 71.1 Å². The molecular formula is C53H83NO14. The Kier molecular flexibility index (Phi) is 22.9. The van der Waals surface area contributed by atoms with Crippen molar-refractivity contribution in [2.45, 2.75) is 180 Å². The molecule has 4 aliphatic rings. The molecular weight excluding hydrogens is 875 g/mol. The number of hydrogen-bond acceptors (Lipinski definition) is 14. The average molecular weight is 958 g/mol. The SMILES string of the molecule is CO[C@@H]1C[C@@H]2CC[C@@H](C)[C@@](O)(O2)C(=O)C(=O)N2CCCC[C@H]2C(=O)O[C@H]([C@H](C)C[C@@H]2CC[C@@H](OCCO)[C@H](OC)C2)CC(=O)[C@H](C)/C=C(\C)[C@@H](O)[C@@H](OC)C(=O)[C@H](C)C[C@H](C)/C=C/C=C/C=C/1C. The van der Waals surface area contributed by atoms with Gasteiger partial charge in [0.05, 0.1) is 37.6 Å². The molecule has 15 heteroatoms. The molecule has 1 aliphatic carbocycles. The van der Waals surface area contributed by atoms with E-state index in [1.807, 2.05) is 58.1 Å². The van der Waals surface area contributed by atoms with E-state index >= 15 is 0 Å². The lowest BCUT2D eigenvalue weighted by atomic mass is 9.78. The molecule has 0 unspecified atom stereocenters. The molecule has 0 aromatic carbocycles. The van der Waals surface area contributed by atoms with Gasteiger partial charge in [0, 0.05) is 58.5 Å². The third-order valence-corrected chi connectivity index (χ3v) is 14.9. The summed E-state index contributed by atoms with van der Waals surface area (Å²) in [5.41, 5.74) is 1.26. The van der Waals surface area contributed by atoms with Crippen molar-refractivity contribution >= 4 is 29.2 Å². The molecule has 1 amide bonds. The van der Waals surface area contributed by atoms with Gasteiger partial charge < -0.3 is 48.6 Å². The quantitative estimate of drug-likeness (QED) is 0.134. The minimum Gasteiger partial charge on any atom is -0.460 e. The maximum absolute atomic E-state index is 14.5. The molecule has 0 spiro atoms. The number of methoxy groups -OCH3 is 3. The summed E-state index contributed by atoms with van der Waals surface area (Å²) in [6, 6.07) is -1.14. The van der Waals surface area contributed by atoms with Crippen LogP contribution in [0.5, 0.6) is 0 Å². The number of hydrogen-bond donors (Lipinski definition) is 3. The van der Waals surface area contributed by atoms with Crippen LogP contribution in [0, 0.1) is 35.5 Å². The number of ether oxygens (including phenoxy) is 6. The van der Waals surface area contributed by atoms with Crippen LogP contribution in [0.25, 0.3) is 0 Å². The topological polar surface area (TPSA) is 205 Å². The predicted molar refractivity (Wildman–Crippen MR) is 256 cm³/mol. The van der Waals surface area contributed by atoms with E-state index in [1.165, 1.54) is 12.0 Å². The molecule has 68 heavy (non-hydrogen) atoms. The first-order chi connectivity index (χ1) is 32.3. The third-order valence-electron chi connectivity index (χ3n) is 14.9. The number of rotatable bonds is 9. The number of carbonyl (C=O) groups excluding carboxylic acids is 5. The number of Topliss-reactive ketones (excluding diaryl/α,β-unsaturated/α-hetero) is 3. The molecule has 0 aromatic rings. The van der Waals surface area contributed by atoms with Crippen molar-refractivity contribution in [1.29, 1.82) is 0 Å². The van der Waals surface area contributed by atoms with E-state index < -0.39 is 77.8 Å². The monoisotopic (exact) mass is 958 g/mol. The van der Waals surface area contributed by atoms with Crippen LogP contribution in [0.1, 0.15) is 126 Å². The highest BCUT2D eigenvalue weighted by molar-refractivity contribution is 6.39. The van der Waals surface area contributed by atoms with Crippen LogP contribution in [0.15, 0.2) is 47.6 Å². The zero-order valence-corrected chi connectivity index (χ0v) is 42.4. The van der Waals surface area contributed by atoms with Crippen molar-refractivity contribution in [2.24, 2.45) is 35.5 Å². The van der Waals surface area contributed by atoms with Gasteiger partial charge in [-0.2, -0.15) is 0 Å². The molecule has 384 valence electrons. The molecule has 3 N–H and O–H groups in total. The fraction of sp³-hybridized carbons (Fsp3) is 0.755. The van der Waals surface area contributed by atoms with Crippen LogP contribution in [0.3, 0.4) is 0 Å². The molecule has 3 aliphatic heterocycles. The van der Waals surface area contributed by atoms with Crippen LogP contribution in [0.2, 0.25) is 0 Å². The van der Waals surface area contributed by atoms with Gasteiger partial charge in [0.15, 0.2) is 5.78 Å². The van der Waals surface area contributed by atoms with Crippen molar-refractivity contribution < 1.29 is 67.7 Å². The van der Waals surface area contributed by atoms with Crippen molar-refractivity contribution in [3.05, 3.63) is 47.6 Å². The molecule has 3 heterocycles. The van der Waals surface area contributed by atoms with E-state index in [9.17, 15) is 39.3 Å². The van der Waals surface area contributed by atoms with Crippen LogP contribution in [-0.2, 0) is 52.4 Å². The van der Waals surface area contributed by atoms with Gasteiger partial charge in [0.2, 0.25) is 5.79 Å². The summed E-state index contributed by atoms with van der Waals surface area (Å²) in [5, 5.41) is 32.8. The van der Waals surface area contributed by atoms with E-state index in [-0.39, 0.29) is 74.1 Å². The highest BCUT2D eigenvalue weighted by Gasteiger charge is 2.53. The Hall–Kier alpha value is -3.41. The largest absolute Gasteiger partial charge is 0.460 e. The van der Waals surface area contributed by atoms with Crippen molar-refractivity contribution in [1.82, 2.24) is 4.90 Å². The number of aliphatic hydroxyl groups is 3. The van der Waals surface area contributed by atoms with Crippen molar-refractivity contribution in [2.75, 3.05) is 41.1 Å². The van der Waals surface area contributed by atoms with Gasteiger partial charge in [-0.15, -0.1) is 0 Å². The first-order valence-corrected chi connectivity index (χ1v) is 25.0. The van der Waals surface area contributed by atoms with E-state index in [2.05, 4.69) is 0 Å². The zero-order chi connectivity index (χ0) is 50.3. The molecule has 3 fully saturated rings. The smallest absolute Gasteiger partial charge is 0.329 e. The second-order valence-corrected chi connectivity index (χ2v) is 20.2. The summed E-state index contributed by atoms with van der Waals surface area (Å²) in [6.45, 7) is 12.9. The first-order valence-electron chi connectivity index (χ1n) is 25.0. The Balaban J connectivity index is 1.70. The number of aliphatic hydroxyl groups excluding tert-OH is 2. The molecule has 1 saturated carbocycles. The third kappa shape index (κ3) is 15.3. The number of amides is 1. The molecule has 15 nitrogen and oxygen atoms in total. The lowest BCUT2D eigenvalue weighted by Crippen LogP contribution is -2.61. The minimum atomic E-state index is -2.43. The maximum Gasteiger partial charge on any atom is 0.329 e. The van der Waals surface area contributed by atoms with Gasteiger partial charge in [-0.05, 0) is 107 Å². The Morgan fingerprint density at radius 1 is 0.853 bits per heavy atom. The zero-order valence-electron chi connectivity index (χ0n) is 42.4. The lowest BCUT2D eigenvalue weighted by molar-refractivity contribution is -0.265. The number of fused-ring (bicyclic) bond motifs is 3. The maximum atomic E-state index is 14.5. The van der Waals surface area contributed by atoms with Gasteiger partial charge >= 0.3 is 5.97 Å². The number of piperidine rings is 1. The van der Waals surface area contributed by atoms with Crippen molar-refractivity contribution in [3.63, 3.8) is 0 Å². The lowest BCUT2D eigenvalue weighted by Gasteiger charge is -2.42. The fourth-order valence-electron chi connectivity index (χ4n) is 10.5. The molecule has 2 bridgehead atoms. The van der Waals surface area contributed by atoms with Crippen LogP contribution in [0.4, 0.5) is 0 Å². The summed E-state index contributed by atoms with van der Waals surface area (Å²) in [6.07, 6.45) is 12.0. The van der Waals surface area contributed by atoms with E-state index in [4.69, 9.17) is 28.4 Å². The second-order valence-electron chi connectivity index (χ2n) is 20.2. The first kappa shape index (κ1) is 57.2. The van der Waals surface area contributed by atoms with Gasteiger partial charge in [-0.3, -0.25) is 19.2 Å². The van der Waals surface area contributed by atoms with Crippen LogP contribution >= 0.6 is 0 Å². The van der Waals surface area contributed by atoms with Crippen LogP contribution < -0.4 is 0 Å². The molecule has 0 radical (unpaired) electrons. The van der Waals surface area contributed by atoms with E-state index in [0.29, 0.717) is 63.4 Å². The number of cyclic esters (lactones) is 1. The summed E-state index contributed by atoms with van der Waals surface area (Å²) in [7, 11) is 4.58. The number of nitrogens with zero attached hydrogens (tertiary/aromatic N) is 1. The minimum absolute atomic E-state index is 0.0158. The molecule has 15 atom stereocenters. The molecule has 4 rings (SSSR count). The molecule has 2 saturated heterocycles. The Labute approximate surface area is 405 Å². The van der Waals surface area contributed by atoms with Gasteiger partial charge in [0.1, 0.15) is 30.1 Å². The predicted octanol–water partition coefficient (Wildman–Crippen LogP) is 6.20. The van der Waals surface area contributed by atoms with E-state index in [0.717, 1.165) is 12.0 Å². The standard InChI is InChI=1S/C53H83NO14/c1-32-16-12-11-13-17-33(2)44(63-8)30-40-21-19-38(7)53(62,68-40)50(59)51(60)54-23-15-14-18-41(54)52(61)67-45(35(4)28-39-20-22-43(66-25-24-55)46(29-39)64-9)31-42(56)34(3)27-37(6)48(58)49(65-10)47(57)36(5)26-32/h11-13,16-17,27,32,34-36,38-41,43-46,48-49,55,58,62H,14-15,18-26,28-31H2,1-10H3/b13-11+,16-12+,33-17+,37-27+/t32-,34-,35-,36-,38-,39+,40+,41+,43-,44-,45+,46-,48-,49+,53-/m1/s1. The Morgan fingerprint density at radius 2 is 1.59 bits per heavy atom. The number of allylic oxidation sites excluding steroid dienone is 6. The number of ketones is 3. The highest BCUT2D eigenvalue weighted by atomic mass is 16.6. The van der Waals surface area contributed by atoms with E-state index in [1.54, 1.807) is 41.1 Å². The van der Waals surface area contributed by atoms with Gasteiger partial charge in [-0.25, -0.2) is 4.79 Å². The Morgan fingerprint density at radius 3 is 2.26 bits per heavy atom. The normalized spacial score (nSPS) is 39.2. The Bertz CT molecular complexity index is 1810. The van der Waals surface area contributed by atoms with Gasteiger partial charge in [0.25, 0.3) is 11.7 Å².